The van der Waals surface area contributed by atoms with Crippen LogP contribution in [0.15, 0.2) is 47.6 Å². The summed E-state index contributed by atoms with van der Waals surface area (Å²) in [6.07, 6.45) is 7.86. The molecule has 2 heterocycles. The van der Waals surface area contributed by atoms with E-state index >= 15 is 0 Å². The van der Waals surface area contributed by atoms with Crippen LogP contribution in [0.2, 0.25) is 0 Å². The van der Waals surface area contributed by atoms with Crippen LogP contribution in [0.4, 0.5) is 0 Å². The summed E-state index contributed by atoms with van der Waals surface area (Å²) in [5, 5.41) is 5.48. The third-order valence-electron chi connectivity index (χ3n) is 6.85. The quantitative estimate of drug-likeness (QED) is 0.445. The monoisotopic (exact) mass is 403 g/mol. The molecule has 154 valence electrons. The first kappa shape index (κ1) is 18.9. The lowest BCUT2D eigenvalue weighted by Crippen LogP contribution is -2.38. The number of benzene rings is 1. The van der Waals surface area contributed by atoms with E-state index in [-0.39, 0.29) is 35.5 Å². The number of aryl methyl sites for hydroxylation is 1. The molecule has 0 radical (unpaired) electrons. The highest BCUT2D eigenvalue weighted by atomic mass is 16.5. The maximum atomic E-state index is 12.9. The molecule has 30 heavy (non-hydrogen) atoms. The normalized spacial score (nSPS) is 27.4. The highest BCUT2D eigenvalue weighted by Crippen LogP contribution is 2.49. The molecule has 6 heteroatoms. The van der Waals surface area contributed by atoms with Gasteiger partial charge in [-0.05, 0) is 68.9 Å². The van der Waals surface area contributed by atoms with E-state index in [1.807, 2.05) is 44.2 Å². The zero-order chi connectivity index (χ0) is 21.0. The molecule has 2 aromatic rings. The highest BCUT2D eigenvalue weighted by Gasteiger charge is 2.56. The lowest BCUT2D eigenvalue weighted by Gasteiger charge is -2.37. The van der Waals surface area contributed by atoms with Gasteiger partial charge < -0.3 is 9.30 Å². The van der Waals surface area contributed by atoms with E-state index in [1.165, 1.54) is 0 Å². The summed E-state index contributed by atoms with van der Waals surface area (Å²) < 4.78 is 7.37. The van der Waals surface area contributed by atoms with Gasteiger partial charge in [0.05, 0.1) is 25.2 Å². The third-order valence-corrected chi connectivity index (χ3v) is 6.85. The van der Waals surface area contributed by atoms with Gasteiger partial charge >= 0.3 is 0 Å². The minimum Gasteiger partial charge on any atom is -0.497 e. The van der Waals surface area contributed by atoms with Crippen molar-refractivity contribution in [3.8, 4) is 11.4 Å². The van der Waals surface area contributed by atoms with Gasteiger partial charge in [-0.2, -0.15) is 10.1 Å². The van der Waals surface area contributed by atoms with Gasteiger partial charge in [0.25, 0.3) is 11.8 Å². The van der Waals surface area contributed by atoms with Crippen LogP contribution < -0.4 is 4.74 Å². The lowest BCUT2D eigenvalue weighted by atomic mass is 9.63. The molecule has 0 N–H and O–H groups in total. The molecule has 0 spiro atoms. The second-order valence-electron chi connectivity index (χ2n) is 8.43. The molecule has 0 unspecified atom stereocenters. The molecule has 2 fully saturated rings. The van der Waals surface area contributed by atoms with E-state index in [4.69, 9.17) is 4.74 Å². The smallest absolute Gasteiger partial charge is 0.254 e. The maximum Gasteiger partial charge on any atom is 0.254 e. The first-order valence-corrected chi connectivity index (χ1v) is 10.4. The Kier molecular flexibility index (Phi) is 4.38. The topological polar surface area (TPSA) is 63.9 Å². The van der Waals surface area contributed by atoms with Crippen molar-refractivity contribution >= 4 is 18.0 Å². The lowest BCUT2D eigenvalue weighted by molar-refractivity contribution is -0.140. The van der Waals surface area contributed by atoms with Crippen molar-refractivity contribution < 1.29 is 14.3 Å². The molecule has 1 saturated carbocycles. The summed E-state index contributed by atoms with van der Waals surface area (Å²) in [6, 6.07) is 9.87. The molecule has 4 atom stereocenters. The molecule has 3 aliphatic carbocycles. The van der Waals surface area contributed by atoms with E-state index in [9.17, 15) is 9.59 Å². The zero-order valence-corrected chi connectivity index (χ0v) is 17.4. The fourth-order valence-corrected chi connectivity index (χ4v) is 5.34. The highest BCUT2D eigenvalue weighted by molar-refractivity contribution is 6.06. The van der Waals surface area contributed by atoms with Gasteiger partial charge in [0, 0.05) is 22.6 Å². The number of ether oxygens (including phenoxy) is 1. The summed E-state index contributed by atoms with van der Waals surface area (Å²) in [7, 11) is 1.65. The van der Waals surface area contributed by atoms with Crippen molar-refractivity contribution in [3.05, 3.63) is 59.4 Å². The second kappa shape index (κ2) is 6.97. The number of aromatic nitrogens is 1. The number of hydrazone groups is 1. The molecular weight excluding hydrogens is 378 g/mol. The van der Waals surface area contributed by atoms with Crippen LogP contribution in [0, 0.1) is 37.5 Å². The largest absolute Gasteiger partial charge is 0.497 e. The summed E-state index contributed by atoms with van der Waals surface area (Å²) in [6.45, 7) is 4.04. The van der Waals surface area contributed by atoms with Crippen LogP contribution in [0.1, 0.15) is 29.8 Å². The number of carbonyl (C=O) groups excluding carboxylic acids is 2. The van der Waals surface area contributed by atoms with Gasteiger partial charge in [0.1, 0.15) is 5.75 Å². The van der Waals surface area contributed by atoms with E-state index in [2.05, 4.69) is 21.8 Å². The number of hydrogen-bond acceptors (Lipinski definition) is 4. The van der Waals surface area contributed by atoms with Crippen LogP contribution in [0.3, 0.4) is 0 Å². The van der Waals surface area contributed by atoms with Gasteiger partial charge in [-0.3, -0.25) is 9.59 Å². The number of carbonyl (C=O) groups is 2. The first-order chi connectivity index (χ1) is 14.5. The number of hydrogen-bond donors (Lipinski definition) is 0. The Balaban J connectivity index is 1.42. The van der Waals surface area contributed by atoms with Gasteiger partial charge in [-0.1, -0.05) is 12.2 Å². The fourth-order valence-electron chi connectivity index (χ4n) is 5.34. The number of amides is 2. The average Bonchev–Trinajstić information content (AvgIpc) is 3.21. The van der Waals surface area contributed by atoms with Gasteiger partial charge in [0.15, 0.2) is 0 Å². The molecule has 4 aliphatic rings. The Morgan fingerprint density at radius 1 is 1.00 bits per heavy atom. The Morgan fingerprint density at radius 2 is 1.60 bits per heavy atom. The second-order valence-corrected chi connectivity index (χ2v) is 8.43. The standard InChI is InChI=1S/C24H25N3O3/c1-14-12-18(15(2)26(14)19-8-10-20(30-3)11-9-19)13-25-27-23(28)21-16-4-5-17(7-6-16)22(21)24(27)29/h4-5,8-13,16-17,21-22H,6-7H2,1-3H3/b25-13-/t16-,17-,21+,22+/m0/s1. The molecule has 6 rings (SSSR count). The minimum atomic E-state index is -0.231. The Labute approximate surface area is 175 Å². The van der Waals surface area contributed by atoms with Crippen molar-refractivity contribution in [1.29, 1.82) is 0 Å². The summed E-state index contributed by atoms with van der Waals surface area (Å²) in [5.41, 5.74) is 3.96. The van der Waals surface area contributed by atoms with E-state index in [0.29, 0.717) is 0 Å². The SMILES string of the molecule is COc1ccc(-n2c(C)cc(/C=N\N3C(=O)[C@H]4[C@H](C3=O)[C@H]3C=C[C@H]4CC3)c2C)cc1. The molecular formula is C24H25N3O3. The maximum absolute atomic E-state index is 12.9. The van der Waals surface area contributed by atoms with E-state index in [1.54, 1.807) is 13.3 Å². The van der Waals surface area contributed by atoms with Crippen LogP contribution >= 0.6 is 0 Å². The zero-order valence-electron chi connectivity index (χ0n) is 17.4. The molecule has 1 saturated heterocycles. The summed E-state index contributed by atoms with van der Waals surface area (Å²) in [5.74, 6) is 0.399. The number of methoxy groups -OCH3 is 1. The number of fused-ring (bicyclic) bond motifs is 1. The fraction of sp³-hybridized carbons (Fsp3) is 0.375. The number of nitrogens with zero attached hydrogens (tertiary/aromatic N) is 3. The Bertz CT molecular complexity index is 1050. The Hall–Kier alpha value is -3.15. The number of rotatable bonds is 4. The van der Waals surface area contributed by atoms with Gasteiger partial charge in [-0.25, -0.2) is 0 Å². The molecule has 1 aliphatic heterocycles. The van der Waals surface area contributed by atoms with Crippen molar-refractivity contribution in [2.45, 2.75) is 26.7 Å². The molecule has 6 nitrogen and oxygen atoms in total. The number of allylic oxidation sites excluding steroid dienone is 2. The van der Waals surface area contributed by atoms with Crippen molar-refractivity contribution in [1.82, 2.24) is 9.58 Å². The minimum absolute atomic E-state index is 0.149. The predicted molar refractivity (Wildman–Crippen MR) is 114 cm³/mol. The summed E-state index contributed by atoms with van der Waals surface area (Å²) >= 11 is 0. The first-order valence-electron chi connectivity index (χ1n) is 10.4. The van der Waals surface area contributed by atoms with Crippen molar-refractivity contribution in [2.75, 3.05) is 7.11 Å². The van der Waals surface area contributed by atoms with Crippen LogP contribution in [0.5, 0.6) is 5.75 Å². The number of imide groups is 1. The third kappa shape index (κ3) is 2.74. The molecule has 1 aromatic carbocycles. The van der Waals surface area contributed by atoms with Crippen LogP contribution in [-0.4, -0.2) is 34.7 Å². The van der Waals surface area contributed by atoms with Gasteiger partial charge in [0.2, 0.25) is 0 Å². The average molecular weight is 403 g/mol. The molecule has 2 amide bonds. The Morgan fingerprint density at radius 3 is 2.13 bits per heavy atom. The van der Waals surface area contributed by atoms with Crippen LogP contribution in [-0.2, 0) is 9.59 Å². The predicted octanol–water partition coefficient (Wildman–Crippen LogP) is 3.63. The van der Waals surface area contributed by atoms with E-state index < -0.39 is 0 Å². The molecule has 1 aromatic heterocycles. The van der Waals surface area contributed by atoms with Gasteiger partial charge in [-0.15, -0.1) is 0 Å². The van der Waals surface area contributed by atoms with Crippen molar-refractivity contribution in [3.63, 3.8) is 0 Å². The van der Waals surface area contributed by atoms with E-state index in [0.717, 1.165) is 46.2 Å². The molecule has 2 bridgehead atoms. The summed E-state index contributed by atoms with van der Waals surface area (Å²) in [4.78, 5) is 25.9. The van der Waals surface area contributed by atoms with Crippen molar-refractivity contribution in [2.24, 2.45) is 28.8 Å². The van der Waals surface area contributed by atoms with Crippen LogP contribution in [0.25, 0.3) is 5.69 Å².